The SMILES string of the molecule is O=C(N[C@@H]1CCCC[C@H]1O)c1cnc(Cl)c(-c2ccc(Cl)cc2)c1. The fourth-order valence-electron chi connectivity index (χ4n) is 2.94. The predicted molar refractivity (Wildman–Crippen MR) is 95.4 cm³/mol. The largest absolute Gasteiger partial charge is 0.391 e. The molecule has 0 spiro atoms. The number of aliphatic hydroxyl groups is 1. The molecule has 126 valence electrons. The molecule has 1 fully saturated rings. The zero-order valence-corrected chi connectivity index (χ0v) is 14.5. The molecule has 0 saturated heterocycles. The third-order valence-electron chi connectivity index (χ3n) is 4.30. The van der Waals surface area contributed by atoms with Gasteiger partial charge < -0.3 is 10.4 Å². The molecule has 0 aliphatic heterocycles. The van der Waals surface area contributed by atoms with Crippen LogP contribution in [0.25, 0.3) is 11.1 Å². The van der Waals surface area contributed by atoms with Gasteiger partial charge >= 0.3 is 0 Å². The molecule has 1 aromatic carbocycles. The summed E-state index contributed by atoms with van der Waals surface area (Å²) in [5.74, 6) is -0.250. The summed E-state index contributed by atoms with van der Waals surface area (Å²) in [5.41, 5.74) is 1.93. The monoisotopic (exact) mass is 364 g/mol. The van der Waals surface area contributed by atoms with Crippen molar-refractivity contribution in [3.8, 4) is 11.1 Å². The number of halogens is 2. The number of carbonyl (C=O) groups excluding carboxylic acids is 1. The molecule has 4 nitrogen and oxygen atoms in total. The van der Waals surface area contributed by atoms with Gasteiger partial charge in [0, 0.05) is 16.8 Å². The summed E-state index contributed by atoms with van der Waals surface area (Å²) in [6.45, 7) is 0. The van der Waals surface area contributed by atoms with Crippen molar-refractivity contribution < 1.29 is 9.90 Å². The van der Waals surface area contributed by atoms with Gasteiger partial charge in [-0.2, -0.15) is 0 Å². The highest BCUT2D eigenvalue weighted by Crippen LogP contribution is 2.28. The molecule has 0 bridgehead atoms. The smallest absolute Gasteiger partial charge is 0.253 e. The van der Waals surface area contributed by atoms with E-state index in [1.165, 1.54) is 6.20 Å². The van der Waals surface area contributed by atoms with E-state index in [4.69, 9.17) is 23.2 Å². The zero-order valence-electron chi connectivity index (χ0n) is 13.0. The molecule has 1 amide bonds. The van der Waals surface area contributed by atoms with Gasteiger partial charge in [-0.05, 0) is 36.6 Å². The maximum atomic E-state index is 12.5. The van der Waals surface area contributed by atoms with E-state index in [2.05, 4.69) is 10.3 Å². The Bertz CT molecular complexity index is 734. The Morgan fingerprint density at radius 2 is 1.88 bits per heavy atom. The summed E-state index contributed by atoms with van der Waals surface area (Å²) in [6, 6.07) is 8.69. The molecule has 0 unspecified atom stereocenters. The number of rotatable bonds is 3. The first-order valence-electron chi connectivity index (χ1n) is 7.95. The lowest BCUT2D eigenvalue weighted by molar-refractivity contribution is 0.0717. The van der Waals surface area contributed by atoms with Gasteiger partial charge in [-0.15, -0.1) is 0 Å². The van der Waals surface area contributed by atoms with Crippen LogP contribution in [0.4, 0.5) is 0 Å². The minimum atomic E-state index is -0.487. The fourth-order valence-corrected chi connectivity index (χ4v) is 3.27. The van der Waals surface area contributed by atoms with Crippen molar-refractivity contribution >= 4 is 29.1 Å². The second kappa shape index (κ2) is 7.51. The van der Waals surface area contributed by atoms with Crippen LogP contribution >= 0.6 is 23.2 Å². The minimum Gasteiger partial charge on any atom is -0.391 e. The van der Waals surface area contributed by atoms with Crippen LogP contribution < -0.4 is 5.32 Å². The predicted octanol–water partition coefficient (Wildman–Crippen LogP) is 4.09. The number of hydrogen-bond acceptors (Lipinski definition) is 3. The topological polar surface area (TPSA) is 62.2 Å². The van der Waals surface area contributed by atoms with Crippen molar-refractivity contribution in [1.29, 1.82) is 0 Å². The number of pyridine rings is 1. The summed E-state index contributed by atoms with van der Waals surface area (Å²) in [4.78, 5) is 16.6. The quantitative estimate of drug-likeness (QED) is 0.806. The standard InChI is InChI=1S/C18H18Cl2N2O2/c19-13-7-5-11(6-8-13)14-9-12(10-21-17(14)20)18(24)22-15-3-1-2-4-16(15)23/h5-10,15-16,23H,1-4H2,(H,22,24)/t15-,16-/m1/s1. The van der Waals surface area contributed by atoms with Crippen LogP contribution in [0.2, 0.25) is 10.2 Å². The summed E-state index contributed by atoms with van der Waals surface area (Å²) >= 11 is 12.1. The van der Waals surface area contributed by atoms with Crippen LogP contribution in [-0.2, 0) is 0 Å². The number of nitrogens with one attached hydrogen (secondary N) is 1. The summed E-state index contributed by atoms with van der Waals surface area (Å²) < 4.78 is 0. The number of hydrogen-bond donors (Lipinski definition) is 2. The van der Waals surface area contributed by atoms with Crippen LogP contribution in [0.5, 0.6) is 0 Å². The van der Waals surface area contributed by atoms with E-state index in [9.17, 15) is 9.90 Å². The van der Waals surface area contributed by atoms with Crippen LogP contribution in [0, 0.1) is 0 Å². The van der Waals surface area contributed by atoms with Gasteiger partial charge in [-0.3, -0.25) is 4.79 Å². The second-order valence-electron chi connectivity index (χ2n) is 6.00. The number of aliphatic hydroxyl groups excluding tert-OH is 1. The molecule has 6 heteroatoms. The molecule has 1 aromatic heterocycles. The van der Waals surface area contributed by atoms with E-state index >= 15 is 0 Å². The number of carbonyl (C=O) groups is 1. The Morgan fingerprint density at radius 1 is 1.17 bits per heavy atom. The Balaban J connectivity index is 1.82. The maximum absolute atomic E-state index is 12.5. The van der Waals surface area contributed by atoms with Crippen LogP contribution in [0.15, 0.2) is 36.5 Å². The van der Waals surface area contributed by atoms with E-state index in [1.54, 1.807) is 18.2 Å². The summed E-state index contributed by atoms with van der Waals surface area (Å²) in [7, 11) is 0. The molecular formula is C18H18Cl2N2O2. The molecule has 2 aromatic rings. The number of nitrogens with zero attached hydrogens (tertiary/aromatic N) is 1. The maximum Gasteiger partial charge on any atom is 0.253 e. The summed E-state index contributed by atoms with van der Waals surface area (Å²) in [6.07, 6.45) is 4.48. The fraction of sp³-hybridized carbons (Fsp3) is 0.333. The van der Waals surface area contributed by atoms with Crippen molar-refractivity contribution in [2.45, 2.75) is 37.8 Å². The molecule has 1 aliphatic rings. The lowest BCUT2D eigenvalue weighted by atomic mass is 9.92. The molecule has 2 N–H and O–H groups in total. The highest BCUT2D eigenvalue weighted by atomic mass is 35.5. The number of benzene rings is 1. The molecular weight excluding hydrogens is 347 g/mol. The lowest BCUT2D eigenvalue weighted by Crippen LogP contribution is -2.45. The van der Waals surface area contributed by atoms with Gasteiger partial charge in [0.2, 0.25) is 0 Å². The first-order chi connectivity index (χ1) is 11.5. The minimum absolute atomic E-state index is 0.207. The van der Waals surface area contributed by atoms with Crippen molar-refractivity contribution in [1.82, 2.24) is 10.3 Å². The molecule has 1 heterocycles. The van der Waals surface area contributed by atoms with Crippen molar-refractivity contribution in [3.63, 3.8) is 0 Å². The number of aromatic nitrogens is 1. The van der Waals surface area contributed by atoms with Crippen LogP contribution in [0.3, 0.4) is 0 Å². The molecule has 1 saturated carbocycles. The average molecular weight is 365 g/mol. The first-order valence-corrected chi connectivity index (χ1v) is 8.70. The van der Waals surface area contributed by atoms with Crippen molar-refractivity contribution in [3.05, 3.63) is 52.3 Å². The highest BCUT2D eigenvalue weighted by molar-refractivity contribution is 6.32. The highest BCUT2D eigenvalue weighted by Gasteiger charge is 2.25. The Kier molecular flexibility index (Phi) is 5.39. The van der Waals surface area contributed by atoms with Gasteiger partial charge in [-0.1, -0.05) is 48.2 Å². The third-order valence-corrected chi connectivity index (χ3v) is 4.86. The van der Waals surface area contributed by atoms with E-state index in [1.807, 2.05) is 12.1 Å². The normalized spacial score (nSPS) is 20.6. The van der Waals surface area contributed by atoms with Gasteiger partial charge in [0.25, 0.3) is 5.91 Å². The van der Waals surface area contributed by atoms with Crippen molar-refractivity contribution in [2.24, 2.45) is 0 Å². The third kappa shape index (κ3) is 3.89. The molecule has 3 rings (SSSR count). The lowest BCUT2D eigenvalue weighted by Gasteiger charge is -2.28. The average Bonchev–Trinajstić information content (AvgIpc) is 2.58. The Morgan fingerprint density at radius 3 is 2.58 bits per heavy atom. The van der Waals surface area contributed by atoms with E-state index in [-0.39, 0.29) is 11.9 Å². The molecule has 24 heavy (non-hydrogen) atoms. The van der Waals surface area contributed by atoms with Gasteiger partial charge in [0.05, 0.1) is 17.7 Å². The molecule has 0 radical (unpaired) electrons. The second-order valence-corrected chi connectivity index (χ2v) is 6.80. The van der Waals surface area contributed by atoms with E-state index in [0.717, 1.165) is 31.2 Å². The van der Waals surface area contributed by atoms with E-state index in [0.29, 0.717) is 21.3 Å². The molecule has 2 atom stereocenters. The zero-order chi connectivity index (χ0) is 17.1. The van der Waals surface area contributed by atoms with Crippen molar-refractivity contribution in [2.75, 3.05) is 0 Å². The summed E-state index contributed by atoms with van der Waals surface area (Å²) in [5, 5.41) is 13.9. The Hall–Kier alpha value is -1.62. The first kappa shape index (κ1) is 17.2. The molecule has 1 aliphatic carbocycles. The van der Waals surface area contributed by atoms with Crippen LogP contribution in [-0.4, -0.2) is 28.1 Å². The van der Waals surface area contributed by atoms with Gasteiger partial charge in [-0.25, -0.2) is 4.98 Å². The van der Waals surface area contributed by atoms with Crippen LogP contribution in [0.1, 0.15) is 36.0 Å². The van der Waals surface area contributed by atoms with Gasteiger partial charge in [0.1, 0.15) is 5.15 Å². The van der Waals surface area contributed by atoms with Gasteiger partial charge in [0.15, 0.2) is 0 Å². The Labute approximate surface area is 150 Å². The van der Waals surface area contributed by atoms with E-state index < -0.39 is 6.10 Å². The number of amides is 1.